The first-order chi connectivity index (χ1) is 8.04. The Morgan fingerprint density at radius 2 is 2.29 bits per heavy atom. The highest BCUT2D eigenvalue weighted by Crippen LogP contribution is 2.11. The fourth-order valence-electron chi connectivity index (χ4n) is 1.28. The number of rotatable bonds is 5. The number of hydrogen-bond donors (Lipinski definition) is 1. The van der Waals surface area contributed by atoms with Crippen LogP contribution in [0.15, 0.2) is 18.3 Å². The van der Waals surface area contributed by atoms with Crippen LogP contribution in [-0.4, -0.2) is 47.0 Å². The molecule has 0 atom stereocenters. The molecule has 1 aromatic heterocycles. The maximum Gasteiger partial charge on any atom is 0.255 e. The smallest absolute Gasteiger partial charge is 0.255 e. The molecule has 0 saturated carbocycles. The van der Waals surface area contributed by atoms with E-state index < -0.39 is 18.9 Å². The number of hydrogen-bond acceptors (Lipinski definition) is 3. The molecule has 0 aliphatic rings. The molecule has 0 saturated heterocycles. The Balaban J connectivity index is 2.83. The largest absolute Gasteiger partial charge is 0.395 e. The minimum atomic E-state index is -2.65. The number of nitrogens with zero attached hydrogens (tertiary/aromatic N) is 2. The van der Waals surface area contributed by atoms with E-state index in [4.69, 9.17) is 16.7 Å². The SMILES string of the molecule is O=C(c1ccnc(Cl)c1)N(CCO)CC(F)F. The summed E-state index contributed by atoms with van der Waals surface area (Å²) in [5.74, 6) is -0.608. The quantitative estimate of drug-likeness (QED) is 0.819. The third kappa shape index (κ3) is 4.24. The number of carbonyl (C=O) groups excluding carboxylic acids is 1. The molecule has 0 unspecified atom stereocenters. The summed E-state index contributed by atoms with van der Waals surface area (Å²) in [5.41, 5.74) is 0.166. The predicted molar refractivity (Wildman–Crippen MR) is 58.2 cm³/mol. The van der Waals surface area contributed by atoms with Gasteiger partial charge in [0.1, 0.15) is 5.15 Å². The van der Waals surface area contributed by atoms with Crippen molar-refractivity contribution < 1.29 is 18.7 Å². The minimum absolute atomic E-state index is 0.108. The third-order valence-corrected chi connectivity index (χ3v) is 2.20. The first-order valence-corrected chi connectivity index (χ1v) is 5.22. The highest BCUT2D eigenvalue weighted by atomic mass is 35.5. The van der Waals surface area contributed by atoms with Gasteiger partial charge in [-0.25, -0.2) is 13.8 Å². The molecule has 0 aliphatic heterocycles. The molecule has 0 radical (unpaired) electrons. The van der Waals surface area contributed by atoms with Gasteiger partial charge >= 0.3 is 0 Å². The van der Waals surface area contributed by atoms with Crippen LogP contribution in [0.1, 0.15) is 10.4 Å². The van der Waals surface area contributed by atoms with Gasteiger partial charge in [0.25, 0.3) is 12.3 Å². The number of carbonyl (C=O) groups is 1. The van der Waals surface area contributed by atoms with E-state index in [0.29, 0.717) is 0 Å². The van der Waals surface area contributed by atoms with Crippen molar-refractivity contribution in [2.75, 3.05) is 19.7 Å². The molecule has 17 heavy (non-hydrogen) atoms. The number of alkyl halides is 2. The highest BCUT2D eigenvalue weighted by Gasteiger charge is 2.19. The summed E-state index contributed by atoms with van der Waals surface area (Å²) < 4.78 is 24.5. The number of aromatic nitrogens is 1. The summed E-state index contributed by atoms with van der Waals surface area (Å²) in [6.45, 7) is -1.25. The third-order valence-electron chi connectivity index (χ3n) is 1.99. The van der Waals surface area contributed by atoms with Gasteiger partial charge in [-0.3, -0.25) is 4.79 Å². The van der Waals surface area contributed by atoms with E-state index in [1.165, 1.54) is 18.3 Å². The van der Waals surface area contributed by atoms with E-state index in [-0.39, 0.29) is 23.9 Å². The summed E-state index contributed by atoms with van der Waals surface area (Å²) in [7, 11) is 0. The fraction of sp³-hybridized carbons (Fsp3) is 0.400. The van der Waals surface area contributed by atoms with Crippen molar-refractivity contribution in [3.8, 4) is 0 Å². The highest BCUT2D eigenvalue weighted by molar-refractivity contribution is 6.29. The summed E-state index contributed by atoms with van der Waals surface area (Å²) >= 11 is 5.60. The molecular weight excluding hydrogens is 254 g/mol. The molecule has 0 aliphatic carbocycles. The van der Waals surface area contributed by atoms with Crippen molar-refractivity contribution in [1.29, 1.82) is 0 Å². The Bertz CT molecular complexity index is 390. The molecule has 1 aromatic rings. The van der Waals surface area contributed by atoms with Crippen LogP contribution in [0.25, 0.3) is 0 Å². The minimum Gasteiger partial charge on any atom is -0.395 e. The summed E-state index contributed by atoms with van der Waals surface area (Å²) in [4.78, 5) is 16.4. The van der Waals surface area contributed by atoms with Crippen molar-refractivity contribution in [2.45, 2.75) is 6.43 Å². The lowest BCUT2D eigenvalue weighted by atomic mass is 10.2. The van der Waals surface area contributed by atoms with Gasteiger partial charge in [0, 0.05) is 18.3 Å². The van der Waals surface area contributed by atoms with E-state index in [9.17, 15) is 13.6 Å². The number of halogens is 3. The van der Waals surface area contributed by atoms with Crippen molar-refractivity contribution >= 4 is 17.5 Å². The van der Waals surface area contributed by atoms with Gasteiger partial charge in [-0.15, -0.1) is 0 Å². The van der Waals surface area contributed by atoms with Crippen LogP contribution < -0.4 is 0 Å². The summed E-state index contributed by atoms with van der Waals surface area (Å²) in [6, 6.07) is 2.67. The number of aliphatic hydroxyl groups excluding tert-OH is 1. The van der Waals surface area contributed by atoms with E-state index in [1.54, 1.807) is 0 Å². The van der Waals surface area contributed by atoms with Gasteiger partial charge < -0.3 is 10.0 Å². The molecule has 1 amide bonds. The normalized spacial score (nSPS) is 10.6. The Labute approximate surface area is 102 Å². The molecule has 1 heterocycles. The van der Waals surface area contributed by atoms with Gasteiger partial charge in [-0.1, -0.05) is 11.6 Å². The first kappa shape index (κ1) is 13.8. The molecule has 1 N–H and O–H groups in total. The van der Waals surface area contributed by atoms with Crippen molar-refractivity contribution in [3.05, 3.63) is 29.0 Å². The number of aliphatic hydroxyl groups is 1. The average Bonchev–Trinajstić information content (AvgIpc) is 2.27. The molecule has 7 heteroatoms. The Morgan fingerprint density at radius 1 is 1.59 bits per heavy atom. The number of pyridine rings is 1. The van der Waals surface area contributed by atoms with Gasteiger partial charge in [0.15, 0.2) is 0 Å². The number of amides is 1. The maximum atomic E-state index is 12.2. The second-order valence-electron chi connectivity index (χ2n) is 3.23. The van der Waals surface area contributed by atoms with Crippen LogP contribution in [0.2, 0.25) is 5.15 Å². The van der Waals surface area contributed by atoms with Gasteiger partial charge in [-0.05, 0) is 12.1 Å². The lowest BCUT2D eigenvalue weighted by molar-refractivity contribution is 0.0509. The van der Waals surface area contributed by atoms with Crippen molar-refractivity contribution in [3.63, 3.8) is 0 Å². The van der Waals surface area contributed by atoms with Crippen molar-refractivity contribution in [2.24, 2.45) is 0 Å². The molecule has 1 rings (SSSR count). The first-order valence-electron chi connectivity index (χ1n) is 4.84. The second kappa shape index (κ2) is 6.46. The Kier molecular flexibility index (Phi) is 5.24. The standard InChI is InChI=1S/C10H11ClF2N2O2/c11-8-5-7(1-2-14-8)10(17)15(3-4-16)6-9(12)13/h1-2,5,9,16H,3-4,6H2. The lowest BCUT2D eigenvalue weighted by Gasteiger charge is -2.21. The maximum absolute atomic E-state index is 12.2. The lowest BCUT2D eigenvalue weighted by Crippen LogP contribution is -2.37. The fourth-order valence-corrected chi connectivity index (χ4v) is 1.46. The molecule has 94 valence electrons. The van der Waals surface area contributed by atoms with Crippen molar-refractivity contribution in [1.82, 2.24) is 9.88 Å². The molecule has 0 aromatic carbocycles. The predicted octanol–water partition coefficient (Wildman–Crippen LogP) is 1.43. The van der Waals surface area contributed by atoms with Gasteiger partial charge in [0.05, 0.1) is 13.2 Å². The molecular formula is C10H11ClF2N2O2. The zero-order valence-electron chi connectivity index (χ0n) is 8.81. The summed E-state index contributed by atoms with van der Waals surface area (Å²) in [6.07, 6.45) is -1.34. The second-order valence-corrected chi connectivity index (χ2v) is 3.62. The van der Waals surface area contributed by atoms with Gasteiger partial charge in [-0.2, -0.15) is 0 Å². The van der Waals surface area contributed by atoms with Crippen LogP contribution in [0.4, 0.5) is 8.78 Å². The van der Waals surface area contributed by atoms with E-state index in [1.807, 2.05) is 0 Å². The topological polar surface area (TPSA) is 53.4 Å². The molecule has 0 fully saturated rings. The van der Waals surface area contributed by atoms with E-state index >= 15 is 0 Å². The van der Waals surface area contributed by atoms with Crippen LogP contribution in [0.5, 0.6) is 0 Å². The van der Waals surface area contributed by atoms with Crippen LogP contribution in [-0.2, 0) is 0 Å². The van der Waals surface area contributed by atoms with Crippen LogP contribution >= 0.6 is 11.6 Å². The zero-order valence-corrected chi connectivity index (χ0v) is 9.57. The van der Waals surface area contributed by atoms with Gasteiger partial charge in [0.2, 0.25) is 0 Å². The van der Waals surface area contributed by atoms with E-state index in [0.717, 1.165) is 4.90 Å². The molecule has 0 bridgehead atoms. The molecule has 4 nitrogen and oxygen atoms in total. The van der Waals surface area contributed by atoms with Crippen LogP contribution in [0, 0.1) is 0 Å². The zero-order chi connectivity index (χ0) is 12.8. The van der Waals surface area contributed by atoms with E-state index in [2.05, 4.69) is 4.98 Å². The average molecular weight is 265 g/mol. The van der Waals surface area contributed by atoms with Crippen LogP contribution in [0.3, 0.4) is 0 Å². The summed E-state index contributed by atoms with van der Waals surface area (Å²) in [5, 5.41) is 8.83. The monoisotopic (exact) mass is 264 g/mol. The Hall–Kier alpha value is -1.27. The molecule has 0 spiro atoms. The Morgan fingerprint density at radius 3 is 2.82 bits per heavy atom.